The first-order chi connectivity index (χ1) is 8.88. The SMILES string of the molecule is CC(C)NC(=O)CN(C)C(=O)CC1CCC(N)CC1. The second kappa shape index (κ2) is 7.48. The van der Waals surface area contributed by atoms with E-state index in [4.69, 9.17) is 5.73 Å². The first kappa shape index (κ1) is 16.0. The Kier molecular flexibility index (Phi) is 6.28. The molecule has 5 heteroatoms. The van der Waals surface area contributed by atoms with Gasteiger partial charge in [0, 0.05) is 25.6 Å². The van der Waals surface area contributed by atoms with Gasteiger partial charge in [-0.15, -0.1) is 0 Å². The molecule has 110 valence electrons. The molecule has 0 bridgehead atoms. The molecular weight excluding hydrogens is 242 g/mol. The van der Waals surface area contributed by atoms with Gasteiger partial charge in [-0.1, -0.05) is 0 Å². The fourth-order valence-corrected chi connectivity index (χ4v) is 2.47. The molecule has 1 aliphatic carbocycles. The zero-order chi connectivity index (χ0) is 14.4. The zero-order valence-electron chi connectivity index (χ0n) is 12.3. The number of likely N-dealkylation sites (N-methyl/N-ethyl adjacent to an activating group) is 1. The van der Waals surface area contributed by atoms with Crippen LogP contribution in [0.3, 0.4) is 0 Å². The van der Waals surface area contributed by atoms with Crippen LogP contribution in [0.25, 0.3) is 0 Å². The third kappa shape index (κ3) is 6.05. The van der Waals surface area contributed by atoms with E-state index >= 15 is 0 Å². The quantitative estimate of drug-likeness (QED) is 0.778. The Hall–Kier alpha value is -1.10. The molecule has 0 radical (unpaired) electrons. The lowest BCUT2D eigenvalue weighted by molar-refractivity contribution is -0.135. The van der Waals surface area contributed by atoms with Crippen molar-refractivity contribution in [1.82, 2.24) is 10.2 Å². The molecule has 1 fully saturated rings. The van der Waals surface area contributed by atoms with Crippen molar-refractivity contribution in [2.75, 3.05) is 13.6 Å². The van der Waals surface area contributed by atoms with E-state index in [-0.39, 0.29) is 24.4 Å². The minimum atomic E-state index is -0.100. The molecular formula is C14H27N3O2. The minimum absolute atomic E-state index is 0.0550. The summed E-state index contributed by atoms with van der Waals surface area (Å²) < 4.78 is 0. The number of carbonyl (C=O) groups is 2. The van der Waals surface area contributed by atoms with Crippen molar-refractivity contribution < 1.29 is 9.59 Å². The number of nitrogens with two attached hydrogens (primary N) is 1. The topological polar surface area (TPSA) is 75.4 Å². The fourth-order valence-electron chi connectivity index (χ4n) is 2.47. The second-order valence-electron chi connectivity index (χ2n) is 5.96. The molecule has 1 aliphatic rings. The van der Waals surface area contributed by atoms with Crippen LogP contribution in [0, 0.1) is 5.92 Å². The predicted molar refractivity (Wildman–Crippen MR) is 75.5 cm³/mol. The van der Waals surface area contributed by atoms with E-state index in [0.717, 1.165) is 25.7 Å². The molecule has 0 aromatic carbocycles. The second-order valence-corrected chi connectivity index (χ2v) is 5.96. The van der Waals surface area contributed by atoms with Gasteiger partial charge in [-0.2, -0.15) is 0 Å². The van der Waals surface area contributed by atoms with Crippen LogP contribution < -0.4 is 11.1 Å². The Bertz CT molecular complexity index is 310. The molecule has 0 unspecified atom stereocenters. The molecule has 19 heavy (non-hydrogen) atoms. The van der Waals surface area contributed by atoms with Crippen LogP contribution in [-0.4, -0.2) is 42.4 Å². The number of nitrogens with zero attached hydrogens (tertiary/aromatic N) is 1. The Morgan fingerprint density at radius 1 is 1.26 bits per heavy atom. The van der Waals surface area contributed by atoms with Crippen LogP contribution in [-0.2, 0) is 9.59 Å². The van der Waals surface area contributed by atoms with E-state index in [9.17, 15) is 9.59 Å². The Labute approximate surface area is 115 Å². The van der Waals surface area contributed by atoms with Crippen LogP contribution in [0.15, 0.2) is 0 Å². The van der Waals surface area contributed by atoms with Crippen molar-refractivity contribution >= 4 is 11.8 Å². The van der Waals surface area contributed by atoms with Crippen molar-refractivity contribution in [3.63, 3.8) is 0 Å². The van der Waals surface area contributed by atoms with Gasteiger partial charge in [0.15, 0.2) is 0 Å². The van der Waals surface area contributed by atoms with E-state index in [1.807, 2.05) is 13.8 Å². The summed E-state index contributed by atoms with van der Waals surface area (Å²) in [6, 6.07) is 0.414. The standard InChI is InChI=1S/C14H27N3O2/c1-10(2)16-13(18)9-17(3)14(19)8-11-4-6-12(15)7-5-11/h10-12H,4-9,15H2,1-3H3,(H,16,18). The monoisotopic (exact) mass is 269 g/mol. The summed E-state index contributed by atoms with van der Waals surface area (Å²) in [6.07, 6.45) is 4.61. The van der Waals surface area contributed by atoms with E-state index in [2.05, 4.69) is 5.32 Å². The molecule has 0 saturated heterocycles. The van der Waals surface area contributed by atoms with Crippen molar-refractivity contribution in [1.29, 1.82) is 0 Å². The predicted octanol–water partition coefficient (Wildman–Crippen LogP) is 0.877. The third-order valence-corrected chi connectivity index (χ3v) is 3.61. The summed E-state index contributed by atoms with van der Waals surface area (Å²) in [5.74, 6) is 0.388. The molecule has 1 saturated carbocycles. The highest BCUT2D eigenvalue weighted by Gasteiger charge is 2.23. The Morgan fingerprint density at radius 3 is 2.37 bits per heavy atom. The van der Waals surface area contributed by atoms with Gasteiger partial charge in [-0.3, -0.25) is 9.59 Å². The number of amides is 2. The number of rotatable bonds is 5. The number of hydrogen-bond acceptors (Lipinski definition) is 3. The average molecular weight is 269 g/mol. The molecule has 1 rings (SSSR count). The molecule has 0 spiro atoms. The third-order valence-electron chi connectivity index (χ3n) is 3.61. The first-order valence-corrected chi connectivity index (χ1v) is 7.17. The lowest BCUT2D eigenvalue weighted by atomic mass is 9.84. The van der Waals surface area contributed by atoms with Crippen LogP contribution in [0.4, 0.5) is 0 Å². The number of hydrogen-bond donors (Lipinski definition) is 2. The molecule has 0 atom stereocenters. The number of carbonyl (C=O) groups excluding carboxylic acids is 2. The van der Waals surface area contributed by atoms with E-state index < -0.39 is 0 Å². The fraction of sp³-hybridized carbons (Fsp3) is 0.857. The van der Waals surface area contributed by atoms with Crippen LogP contribution in [0.1, 0.15) is 46.0 Å². The van der Waals surface area contributed by atoms with Crippen molar-refractivity contribution in [3.05, 3.63) is 0 Å². The van der Waals surface area contributed by atoms with Gasteiger partial charge < -0.3 is 16.0 Å². The van der Waals surface area contributed by atoms with Gasteiger partial charge in [0.05, 0.1) is 6.54 Å². The molecule has 0 aromatic heterocycles. The van der Waals surface area contributed by atoms with Gasteiger partial charge in [0.2, 0.25) is 11.8 Å². The number of nitrogens with one attached hydrogen (secondary N) is 1. The molecule has 0 aromatic rings. The van der Waals surface area contributed by atoms with E-state index in [1.54, 1.807) is 7.05 Å². The van der Waals surface area contributed by atoms with Crippen LogP contribution in [0.5, 0.6) is 0 Å². The molecule has 2 amide bonds. The normalized spacial score (nSPS) is 23.2. The Morgan fingerprint density at radius 2 is 1.84 bits per heavy atom. The van der Waals surface area contributed by atoms with Crippen molar-refractivity contribution in [2.24, 2.45) is 11.7 Å². The lowest BCUT2D eigenvalue weighted by Crippen LogP contribution is -2.41. The highest BCUT2D eigenvalue weighted by atomic mass is 16.2. The molecule has 0 heterocycles. The van der Waals surface area contributed by atoms with Gasteiger partial charge in [-0.25, -0.2) is 0 Å². The van der Waals surface area contributed by atoms with Gasteiger partial charge in [-0.05, 0) is 45.4 Å². The minimum Gasteiger partial charge on any atom is -0.352 e. The summed E-state index contributed by atoms with van der Waals surface area (Å²) in [5, 5.41) is 2.79. The van der Waals surface area contributed by atoms with E-state index in [0.29, 0.717) is 18.4 Å². The maximum Gasteiger partial charge on any atom is 0.239 e. The summed E-state index contributed by atoms with van der Waals surface area (Å²) in [5.41, 5.74) is 5.85. The summed E-state index contributed by atoms with van der Waals surface area (Å²) in [7, 11) is 1.69. The highest BCUT2D eigenvalue weighted by molar-refractivity contribution is 5.84. The maximum absolute atomic E-state index is 12.0. The van der Waals surface area contributed by atoms with E-state index in [1.165, 1.54) is 4.90 Å². The zero-order valence-corrected chi connectivity index (χ0v) is 12.3. The smallest absolute Gasteiger partial charge is 0.239 e. The summed E-state index contributed by atoms with van der Waals surface area (Å²) >= 11 is 0. The van der Waals surface area contributed by atoms with Crippen molar-refractivity contribution in [3.8, 4) is 0 Å². The lowest BCUT2D eigenvalue weighted by Gasteiger charge is -2.27. The molecule has 5 nitrogen and oxygen atoms in total. The largest absolute Gasteiger partial charge is 0.352 e. The summed E-state index contributed by atoms with van der Waals surface area (Å²) in [6.45, 7) is 3.96. The van der Waals surface area contributed by atoms with Gasteiger partial charge >= 0.3 is 0 Å². The van der Waals surface area contributed by atoms with Crippen LogP contribution in [0.2, 0.25) is 0 Å². The van der Waals surface area contributed by atoms with Gasteiger partial charge in [0.1, 0.15) is 0 Å². The summed E-state index contributed by atoms with van der Waals surface area (Å²) in [4.78, 5) is 25.1. The molecule has 3 N–H and O–H groups in total. The first-order valence-electron chi connectivity index (χ1n) is 7.17. The van der Waals surface area contributed by atoms with Gasteiger partial charge in [0.25, 0.3) is 0 Å². The maximum atomic E-state index is 12.0. The van der Waals surface area contributed by atoms with Crippen molar-refractivity contribution in [2.45, 2.75) is 58.0 Å². The van der Waals surface area contributed by atoms with Crippen LogP contribution >= 0.6 is 0 Å². The average Bonchev–Trinajstić information content (AvgIpc) is 2.30. The molecule has 0 aliphatic heterocycles. The highest BCUT2D eigenvalue weighted by Crippen LogP contribution is 2.26. The Balaban J connectivity index is 2.30.